The lowest BCUT2D eigenvalue weighted by atomic mass is 10.2. The van der Waals surface area contributed by atoms with E-state index >= 15 is 0 Å². The van der Waals surface area contributed by atoms with Crippen LogP contribution in [0.5, 0.6) is 0 Å². The molecule has 0 bridgehead atoms. The molecule has 2 aromatic rings. The van der Waals surface area contributed by atoms with Crippen molar-refractivity contribution in [3.63, 3.8) is 0 Å². The van der Waals surface area contributed by atoms with Crippen LogP contribution >= 0.6 is 11.6 Å². The third-order valence-electron chi connectivity index (χ3n) is 3.48. The Morgan fingerprint density at radius 1 is 1.09 bits per heavy atom. The minimum Gasteiger partial charge on any atom is -0.258 e. The largest absolute Gasteiger partial charge is 0.269 e. The molecule has 2 aromatic carbocycles. The summed E-state index contributed by atoms with van der Waals surface area (Å²) < 4.78 is 26.3. The molecule has 1 aliphatic rings. The lowest BCUT2D eigenvalue weighted by molar-refractivity contribution is -0.384. The van der Waals surface area contributed by atoms with Gasteiger partial charge in [0.15, 0.2) is 0 Å². The first-order chi connectivity index (χ1) is 10.4. The predicted octanol–water partition coefficient (Wildman–Crippen LogP) is 2.99. The first-order valence-corrected chi connectivity index (χ1v) is 8.23. The molecule has 1 heterocycles. The second kappa shape index (κ2) is 5.35. The molecule has 0 aromatic heterocycles. The van der Waals surface area contributed by atoms with Crippen LogP contribution < -0.4 is 0 Å². The lowest BCUT2D eigenvalue weighted by Crippen LogP contribution is -2.12. The molecular formula is C14H11ClN2O4S. The zero-order chi connectivity index (χ0) is 15.9. The van der Waals surface area contributed by atoms with E-state index in [1.54, 1.807) is 24.3 Å². The molecule has 22 heavy (non-hydrogen) atoms. The van der Waals surface area contributed by atoms with Crippen molar-refractivity contribution >= 4 is 27.3 Å². The van der Waals surface area contributed by atoms with E-state index in [1.807, 2.05) is 0 Å². The first-order valence-electron chi connectivity index (χ1n) is 6.41. The molecule has 0 amide bonds. The van der Waals surface area contributed by atoms with Gasteiger partial charge in [-0.1, -0.05) is 23.7 Å². The number of rotatable bonds is 4. The smallest absolute Gasteiger partial charge is 0.258 e. The van der Waals surface area contributed by atoms with Crippen LogP contribution in [0.3, 0.4) is 0 Å². The number of benzene rings is 2. The van der Waals surface area contributed by atoms with Crippen molar-refractivity contribution < 1.29 is 13.3 Å². The van der Waals surface area contributed by atoms with Gasteiger partial charge in [0, 0.05) is 23.7 Å². The van der Waals surface area contributed by atoms with Gasteiger partial charge in [0.2, 0.25) is 10.0 Å². The topological polar surface area (TPSA) is 80.3 Å². The van der Waals surface area contributed by atoms with Gasteiger partial charge in [0.1, 0.15) is 0 Å². The molecule has 6 nitrogen and oxygen atoms in total. The van der Waals surface area contributed by atoms with Crippen molar-refractivity contribution in [1.82, 2.24) is 4.31 Å². The molecule has 0 saturated carbocycles. The van der Waals surface area contributed by atoms with E-state index in [2.05, 4.69) is 0 Å². The van der Waals surface area contributed by atoms with Gasteiger partial charge in [-0.2, -0.15) is 4.31 Å². The Labute approximate surface area is 132 Å². The Hall–Kier alpha value is -1.96. The Morgan fingerprint density at radius 3 is 2.23 bits per heavy atom. The van der Waals surface area contributed by atoms with Crippen LogP contribution in [0.2, 0.25) is 5.02 Å². The summed E-state index contributed by atoms with van der Waals surface area (Å²) in [6, 6.07) is 11.7. The summed E-state index contributed by atoms with van der Waals surface area (Å²) >= 11 is 5.81. The Morgan fingerprint density at radius 2 is 1.68 bits per heavy atom. The van der Waals surface area contributed by atoms with Gasteiger partial charge in [-0.05, 0) is 29.8 Å². The monoisotopic (exact) mass is 338 g/mol. The number of nitro benzene ring substituents is 1. The number of hydrogen-bond acceptors (Lipinski definition) is 4. The summed E-state index contributed by atoms with van der Waals surface area (Å²) in [7, 11) is -3.64. The van der Waals surface area contributed by atoms with Crippen LogP contribution in [-0.4, -0.2) is 24.2 Å². The van der Waals surface area contributed by atoms with Gasteiger partial charge < -0.3 is 0 Å². The maximum absolute atomic E-state index is 12.5. The highest BCUT2D eigenvalue weighted by molar-refractivity contribution is 7.89. The molecule has 1 saturated heterocycles. The van der Waals surface area contributed by atoms with Crippen LogP contribution in [0, 0.1) is 10.1 Å². The van der Waals surface area contributed by atoms with Crippen LogP contribution in [0.15, 0.2) is 53.4 Å². The number of non-ortho nitro benzene ring substituents is 1. The lowest BCUT2D eigenvalue weighted by Gasteiger charge is -2.06. The number of sulfonamides is 1. The van der Waals surface area contributed by atoms with Gasteiger partial charge in [-0.15, -0.1) is 0 Å². The van der Waals surface area contributed by atoms with E-state index in [1.165, 1.54) is 28.6 Å². The molecule has 1 aliphatic heterocycles. The van der Waals surface area contributed by atoms with Gasteiger partial charge in [0.25, 0.3) is 5.69 Å². The fraction of sp³-hybridized carbons (Fsp3) is 0.143. The number of hydrogen-bond donors (Lipinski definition) is 0. The molecular weight excluding hydrogens is 328 g/mol. The minimum absolute atomic E-state index is 0.0505. The molecule has 0 N–H and O–H groups in total. The minimum atomic E-state index is -3.64. The molecule has 2 atom stereocenters. The molecule has 0 spiro atoms. The second-order valence-corrected chi connectivity index (χ2v) is 7.22. The van der Waals surface area contributed by atoms with Crippen molar-refractivity contribution in [3.8, 4) is 0 Å². The van der Waals surface area contributed by atoms with Crippen LogP contribution in [-0.2, 0) is 10.0 Å². The average molecular weight is 339 g/mol. The molecule has 8 heteroatoms. The Bertz CT molecular complexity index is 819. The van der Waals surface area contributed by atoms with Crippen LogP contribution in [0.1, 0.15) is 11.6 Å². The molecule has 2 unspecified atom stereocenters. The van der Waals surface area contributed by atoms with Crippen molar-refractivity contribution in [2.45, 2.75) is 10.9 Å². The summed E-state index contributed by atoms with van der Waals surface area (Å²) in [5, 5.41) is 11.2. The van der Waals surface area contributed by atoms with E-state index in [-0.39, 0.29) is 16.6 Å². The quantitative estimate of drug-likeness (QED) is 0.487. The zero-order valence-corrected chi connectivity index (χ0v) is 12.8. The first kappa shape index (κ1) is 15.0. The highest BCUT2D eigenvalue weighted by Gasteiger charge is 2.45. The van der Waals surface area contributed by atoms with Crippen molar-refractivity contribution in [2.24, 2.45) is 0 Å². The summed E-state index contributed by atoms with van der Waals surface area (Å²) in [4.78, 5) is 10.1. The van der Waals surface area contributed by atoms with Gasteiger partial charge in [-0.25, -0.2) is 8.42 Å². The second-order valence-electron chi connectivity index (χ2n) is 4.89. The molecule has 1 fully saturated rings. The molecule has 3 rings (SSSR count). The SMILES string of the molecule is O=[N+]([O-])c1ccc(S(=O)(=O)N2CC2c2ccc(Cl)cc2)cc1. The third kappa shape index (κ3) is 2.70. The van der Waals surface area contributed by atoms with E-state index in [4.69, 9.17) is 11.6 Å². The van der Waals surface area contributed by atoms with Crippen molar-refractivity contribution in [2.75, 3.05) is 6.54 Å². The van der Waals surface area contributed by atoms with Gasteiger partial charge in [-0.3, -0.25) is 10.1 Å². The highest BCUT2D eigenvalue weighted by atomic mass is 35.5. The predicted molar refractivity (Wildman–Crippen MR) is 81.2 cm³/mol. The number of nitrogens with zero attached hydrogens (tertiary/aromatic N) is 2. The van der Waals surface area contributed by atoms with Crippen LogP contribution in [0.4, 0.5) is 5.69 Å². The normalized spacial score (nSPS) is 20.6. The third-order valence-corrected chi connectivity index (χ3v) is 5.62. The maximum atomic E-state index is 12.5. The number of nitro groups is 1. The van der Waals surface area contributed by atoms with Gasteiger partial charge >= 0.3 is 0 Å². The van der Waals surface area contributed by atoms with Gasteiger partial charge in [0.05, 0.1) is 15.9 Å². The van der Waals surface area contributed by atoms with E-state index < -0.39 is 14.9 Å². The van der Waals surface area contributed by atoms with Crippen molar-refractivity contribution in [3.05, 3.63) is 69.2 Å². The summed E-state index contributed by atoms with van der Waals surface area (Å²) in [6.07, 6.45) is 0. The maximum Gasteiger partial charge on any atom is 0.269 e. The molecule has 0 radical (unpaired) electrons. The molecule has 0 aliphatic carbocycles. The number of halogens is 1. The zero-order valence-electron chi connectivity index (χ0n) is 11.2. The van der Waals surface area contributed by atoms with E-state index in [0.29, 0.717) is 11.6 Å². The summed E-state index contributed by atoms with van der Waals surface area (Å²) in [5.74, 6) is 0. The summed E-state index contributed by atoms with van der Waals surface area (Å²) in [5.41, 5.74) is 0.730. The van der Waals surface area contributed by atoms with Crippen molar-refractivity contribution in [1.29, 1.82) is 0 Å². The van der Waals surface area contributed by atoms with E-state index in [0.717, 1.165) is 5.56 Å². The fourth-order valence-corrected chi connectivity index (χ4v) is 3.89. The summed E-state index contributed by atoms with van der Waals surface area (Å²) in [6.45, 7) is 0.390. The standard InChI is InChI=1S/C14H11ClN2O4S/c15-11-3-1-10(2-4-11)14-9-16(14)22(20,21)13-7-5-12(6-8-13)17(18)19/h1-8,14H,9H2. The average Bonchev–Trinajstić information content (AvgIpc) is 3.29. The van der Waals surface area contributed by atoms with Crippen LogP contribution in [0.25, 0.3) is 0 Å². The molecule has 114 valence electrons. The highest BCUT2D eigenvalue weighted by Crippen LogP contribution is 2.40. The Kier molecular flexibility index (Phi) is 3.64. The Balaban J connectivity index is 1.82. The van der Waals surface area contributed by atoms with E-state index in [9.17, 15) is 18.5 Å². The fourth-order valence-electron chi connectivity index (χ4n) is 2.22.